The van der Waals surface area contributed by atoms with Gasteiger partial charge in [0.1, 0.15) is 5.82 Å². The number of ketones is 1. The first-order valence-electron chi connectivity index (χ1n) is 5.82. The maximum Gasteiger partial charge on any atom is 0.187 e. The number of Topliss-reactive ketones (excluding diaryl/α,β-unsaturated/α-hetero) is 1. The van der Waals surface area contributed by atoms with E-state index in [-0.39, 0.29) is 16.4 Å². The molecule has 0 aliphatic heterocycles. The second-order valence-electron chi connectivity index (χ2n) is 4.64. The molecule has 0 spiro atoms. The lowest BCUT2D eigenvalue weighted by molar-refractivity contribution is 0.0843. The number of nitrogens with two attached hydrogens (primary N) is 1. The summed E-state index contributed by atoms with van der Waals surface area (Å²) in [6.07, 6.45) is 4.12. The van der Waals surface area contributed by atoms with Gasteiger partial charge in [-0.3, -0.25) is 4.79 Å². The molecule has 1 aromatic carbocycles. The highest BCUT2D eigenvalue weighted by molar-refractivity contribution is 6.34. The van der Waals surface area contributed by atoms with E-state index in [1.807, 2.05) is 0 Å². The van der Waals surface area contributed by atoms with E-state index in [0.29, 0.717) is 12.8 Å². The topological polar surface area (TPSA) is 43.1 Å². The summed E-state index contributed by atoms with van der Waals surface area (Å²) in [7, 11) is 0. The Labute approximate surface area is 105 Å². The summed E-state index contributed by atoms with van der Waals surface area (Å²) in [4.78, 5) is 12.3. The molecular formula is C13H15ClFNO. The summed E-state index contributed by atoms with van der Waals surface area (Å²) in [5.41, 5.74) is 5.10. The Morgan fingerprint density at radius 1 is 1.29 bits per heavy atom. The van der Waals surface area contributed by atoms with Crippen LogP contribution in [0.15, 0.2) is 18.2 Å². The molecule has 2 N–H and O–H groups in total. The third-order valence-corrected chi connectivity index (χ3v) is 3.70. The molecule has 0 amide bonds. The molecule has 0 saturated heterocycles. The Kier molecular flexibility index (Phi) is 3.50. The number of hydrogen-bond acceptors (Lipinski definition) is 2. The van der Waals surface area contributed by atoms with Crippen molar-refractivity contribution in [1.29, 1.82) is 0 Å². The number of rotatable bonds is 2. The zero-order chi connectivity index (χ0) is 12.5. The van der Waals surface area contributed by atoms with E-state index in [4.69, 9.17) is 17.3 Å². The molecular weight excluding hydrogens is 241 g/mol. The molecule has 2 nitrogen and oxygen atoms in total. The quantitative estimate of drug-likeness (QED) is 0.824. The number of carbonyl (C=O) groups is 1. The van der Waals surface area contributed by atoms with Gasteiger partial charge in [-0.05, 0) is 25.0 Å². The van der Waals surface area contributed by atoms with E-state index in [9.17, 15) is 9.18 Å². The summed E-state index contributed by atoms with van der Waals surface area (Å²) in [5.74, 6) is -0.946. The van der Waals surface area contributed by atoms with E-state index in [0.717, 1.165) is 19.3 Å². The van der Waals surface area contributed by atoms with Crippen LogP contribution in [0.5, 0.6) is 0 Å². The summed E-state index contributed by atoms with van der Waals surface area (Å²) in [6.45, 7) is 0. The Morgan fingerprint density at radius 2 is 1.94 bits per heavy atom. The fraction of sp³-hybridized carbons (Fsp3) is 0.462. The Bertz CT molecular complexity index is 421. The standard InChI is InChI=1S/C13H15ClFNO/c14-9-5-4-6-10(15)11(9)12(17)13(16)7-2-1-3-8-13/h4-6H,1-3,7-8,16H2. The van der Waals surface area contributed by atoms with E-state index < -0.39 is 11.4 Å². The van der Waals surface area contributed by atoms with Crippen LogP contribution in [0.4, 0.5) is 4.39 Å². The zero-order valence-electron chi connectivity index (χ0n) is 9.51. The third-order valence-electron chi connectivity index (χ3n) is 3.39. The first-order valence-corrected chi connectivity index (χ1v) is 6.20. The average molecular weight is 256 g/mol. The number of halogens is 2. The van der Waals surface area contributed by atoms with Gasteiger partial charge < -0.3 is 5.73 Å². The van der Waals surface area contributed by atoms with Crippen LogP contribution in [0, 0.1) is 5.82 Å². The molecule has 17 heavy (non-hydrogen) atoms. The molecule has 1 saturated carbocycles. The first kappa shape index (κ1) is 12.5. The molecule has 0 radical (unpaired) electrons. The van der Waals surface area contributed by atoms with Gasteiger partial charge >= 0.3 is 0 Å². The monoisotopic (exact) mass is 255 g/mol. The predicted octanol–water partition coefficient (Wildman–Crippen LogP) is 3.32. The zero-order valence-corrected chi connectivity index (χ0v) is 10.3. The molecule has 0 bridgehead atoms. The van der Waals surface area contributed by atoms with Crippen LogP contribution in [0.1, 0.15) is 42.5 Å². The van der Waals surface area contributed by atoms with Crippen molar-refractivity contribution in [3.8, 4) is 0 Å². The molecule has 1 aliphatic carbocycles. The Hall–Kier alpha value is -0.930. The van der Waals surface area contributed by atoms with Gasteiger partial charge in [0.05, 0.1) is 16.1 Å². The van der Waals surface area contributed by atoms with Crippen LogP contribution in [0.2, 0.25) is 5.02 Å². The van der Waals surface area contributed by atoms with Crippen molar-refractivity contribution in [2.75, 3.05) is 0 Å². The molecule has 2 rings (SSSR count). The van der Waals surface area contributed by atoms with Crippen molar-refractivity contribution in [3.05, 3.63) is 34.6 Å². The van der Waals surface area contributed by atoms with Gasteiger partial charge in [0.15, 0.2) is 5.78 Å². The maximum atomic E-state index is 13.7. The normalized spacial score (nSPS) is 19.0. The van der Waals surface area contributed by atoms with Gasteiger partial charge in [0.25, 0.3) is 0 Å². The first-order chi connectivity index (χ1) is 8.04. The van der Waals surface area contributed by atoms with Crippen LogP contribution in [0.3, 0.4) is 0 Å². The second-order valence-corrected chi connectivity index (χ2v) is 5.05. The van der Waals surface area contributed by atoms with Crippen molar-refractivity contribution in [2.45, 2.75) is 37.6 Å². The molecule has 92 valence electrons. The molecule has 1 aliphatic rings. The highest BCUT2D eigenvalue weighted by Gasteiger charge is 2.37. The van der Waals surface area contributed by atoms with Crippen molar-refractivity contribution in [1.82, 2.24) is 0 Å². The lowest BCUT2D eigenvalue weighted by atomic mass is 9.77. The van der Waals surface area contributed by atoms with Crippen molar-refractivity contribution in [3.63, 3.8) is 0 Å². The van der Waals surface area contributed by atoms with Crippen LogP contribution in [-0.2, 0) is 0 Å². The molecule has 0 heterocycles. The summed E-state index contributed by atoms with van der Waals surface area (Å²) >= 11 is 5.89. The largest absolute Gasteiger partial charge is 0.319 e. The molecule has 0 aromatic heterocycles. The highest BCUT2D eigenvalue weighted by atomic mass is 35.5. The lowest BCUT2D eigenvalue weighted by Crippen LogP contribution is -2.49. The highest BCUT2D eigenvalue weighted by Crippen LogP contribution is 2.32. The van der Waals surface area contributed by atoms with Gasteiger partial charge in [-0.1, -0.05) is 36.9 Å². The van der Waals surface area contributed by atoms with Crippen LogP contribution < -0.4 is 5.73 Å². The maximum absolute atomic E-state index is 13.7. The van der Waals surface area contributed by atoms with Crippen molar-refractivity contribution < 1.29 is 9.18 Å². The minimum absolute atomic E-state index is 0.0569. The van der Waals surface area contributed by atoms with Crippen LogP contribution in [-0.4, -0.2) is 11.3 Å². The lowest BCUT2D eigenvalue weighted by Gasteiger charge is -2.32. The SMILES string of the molecule is NC1(C(=O)c2c(F)cccc2Cl)CCCCC1. The second kappa shape index (κ2) is 4.75. The minimum atomic E-state index is -0.940. The molecule has 4 heteroatoms. The van der Waals surface area contributed by atoms with E-state index >= 15 is 0 Å². The summed E-state index contributed by atoms with van der Waals surface area (Å²) < 4.78 is 13.7. The summed E-state index contributed by atoms with van der Waals surface area (Å²) in [6, 6.07) is 4.24. The van der Waals surface area contributed by atoms with Crippen molar-refractivity contribution >= 4 is 17.4 Å². The fourth-order valence-corrected chi connectivity index (χ4v) is 2.62. The minimum Gasteiger partial charge on any atom is -0.319 e. The molecule has 1 aromatic rings. The van der Waals surface area contributed by atoms with Gasteiger partial charge in [0, 0.05) is 0 Å². The van der Waals surface area contributed by atoms with Gasteiger partial charge in [0.2, 0.25) is 0 Å². The Morgan fingerprint density at radius 3 is 2.53 bits per heavy atom. The fourth-order valence-electron chi connectivity index (χ4n) is 2.37. The molecule has 0 atom stereocenters. The van der Waals surface area contributed by atoms with Gasteiger partial charge in [-0.2, -0.15) is 0 Å². The van der Waals surface area contributed by atoms with Crippen LogP contribution in [0.25, 0.3) is 0 Å². The number of benzene rings is 1. The predicted molar refractivity (Wildman–Crippen MR) is 65.7 cm³/mol. The Balaban J connectivity index is 2.36. The van der Waals surface area contributed by atoms with E-state index in [2.05, 4.69) is 0 Å². The van der Waals surface area contributed by atoms with E-state index in [1.165, 1.54) is 18.2 Å². The van der Waals surface area contributed by atoms with E-state index in [1.54, 1.807) is 0 Å². The molecule has 1 fully saturated rings. The number of carbonyl (C=O) groups excluding carboxylic acids is 1. The van der Waals surface area contributed by atoms with Crippen LogP contribution >= 0.6 is 11.6 Å². The van der Waals surface area contributed by atoms with Crippen molar-refractivity contribution in [2.24, 2.45) is 5.73 Å². The van der Waals surface area contributed by atoms with Gasteiger partial charge in [-0.25, -0.2) is 4.39 Å². The average Bonchev–Trinajstić information content (AvgIpc) is 2.29. The molecule has 0 unspecified atom stereocenters. The third kappa shape index (κ3) is 2.35. The van der Waals surface area contributed by atoms with Gasteiger partial charge in [-0.15, -0.1) is 0 Å². The summed E-state index contributed by atoms with van der Waals surface area (Å²) in [5, 5.41) is 0.144. The number of hydrogen-bond donors (Lipinski definition) is 1. The smallest absolute Gasteiger partial charge is 0.187 e.